The van der Waals surface area contributed by atoms with E-state index in [1.165, 1.54) is 18.2 Å². The van der Waals surface area contributed by atoms with Gasteiger partial charge in [-0.25, -0.2) is 4.79 Å². The lowest BCUT2D eigenvalue weighted by molar-refractivity contribution is -0.136. The first-order chi connectivity index (χ1) is 12.3. The number of para-hydroxylation sites is 1. The van der Waals surface area contributed by atoms with Crippen LogP contribution in [0.15, 0.2) is 60.7 Å². The number of aryl methyl sites for hydroxylation is 1. The van der Waals surface area contributed by atoms with Crippen molar-refractivity contribution in [2.75, 3.05) is 10.6 Å². The molecule has 0 radical (unpaired) electrons. The molecule has 8 heteroatoms. The first-order valence-electron chi connectivity index (χ1n) is 7.68. The lowest BCUT2D eigenvalue weighted by Crippen LogP contribution is -2.22. The van der Waals surface area contributed by atoms with E-state index in [0.717, 1.165) is 17.3 Å². The Labute approximate surface area is 147 Å². The van der Waals surface area contributed by atoms with Gasteiger partial charge in [0.05, 0.1) is 16.9 Å². The van der Waals surface area contributed by atoms with Crippen molar-refractivity contribution in [3.8, 4) is 11.3 Å². The molecular weight excluding hydrogens is 345 g/mol. The SMILES string of the molecule is Cn1nc(NC(=O)Nc2ccccc2C(F)(F)F)cc1-c1ccccc1. The summed E-state index contributed by atoms with van der Waals surface area (Å²) in [6.07, 6.45) is -4.56. The molecule has 0 bridgehead atoms. The van der Waals surface area contributed by atoms with Gasteiger partial charge in [-0.2, -0.15) is 18.3 Å². The van der Waals surface area contributed by atoms with Gasteiger partial charge in [-0.05, 0) is 17.7 Å². The van der Waals surface area contributed by atoms with Gasteiger partial charge < -0.3 is 5.32 Å². The van der Waals surface area contributed by atoms with Crippen molar-refractivity contribution in [2.45, 2.75) is 6.18 Å². The minimum Gasteiger partial charge on any atom is -0.307 e. The van der Waals surface area contributed by atoms with E-state index in [-0.39, 0.29) is 11.5 Å². The van der Waals surface area contributed by atoms with Crippen LogP contribution in [-0.4, -0.2) is 15.8 Å². The first kappa shape index (κ1) is 17.5. The van der Waals surface area contributed by atoms with E-state index in [4.69, 9.17) is 0 Å². The Balaban J connectivity index is 1.76. The molecule has 2 aromatic carbocycles. The van der Waals surface area contributed by atoms with Gasteiger partial charge in [0.2, 0.25) is 0 Å². The molecule has 2 N–H and O–H groups in total. The number of benzene rings is 2. The monoisotopic (exact) mass is 360 g/mol. The number of amides is 2. The number of hydrogen-bond donors (Lipinski definition) is 2. The van der Waals surface area contributed by atoms with E-state index >= 15 is 0 Å². The topological polar surface area (TPSA) is 59.0 Å². The van der Waals surface area contributed by atoms with Crippen LogP contribution < -0.4 is 10.6 Å². The molecule has 134 valence electrons. The van der Waals surface area contributed by atoms with Crippen LogP contribution >= 0.6 is 0 Å². The number of carbonyl (C=O) groups is 1. The van der Waals surface area contributed by atoms with E-state index in [9.17, 15) is 18.0 Å². The zero-order chi connectivity index (χ0) is 18.7. The lowest BCUT2D eigenvalue weighted by atomic mass is 10.1. The van der Waals surface area contributed by atoms with Crippen molar-refractivity contribution in [1.82, 2.24) is 9.78 Å². The van der Waals surface area contributed by atoms with Crippen LogP contribution in [0.5, 0.6) is 0 Å². The number of aromatic nitrogens is 2. The highest BCUT2D eigenvalue weighted by Gasteiger charge is 2.33. The fourth-order valence-electron chi connectivity index (χ4n) is 2.52. The summed E-state index contributed by atoms with van der Waals surface area (Å²) < 4.78 is 40.5. The molecule has 3 aromatic rings. The van der Waals surface area contributed by atoms with E-state index in [1.807, 2.05) is 30.3 Å². The van der Waals surface area contributed by atoms with Gasteiger partial charge >= 0.3 is 12.2 Å². The van der Waals surface area contributed by atoms with E-state index in [0.29, 0.717) is 0 Å². The average Bonchev–Trinajstić information content (AvgIpc) is 2.95. The van der Waals surface area contributed by atoms with Gasteiger partial charge in [-0.3, -0.25) is 10.00 Å². The Bertz CT molecular complexity index is 920. The molecular formula is C18H15F3N4O. The molecule has 0 fully saturated rings. The Morgan fingerprint density at radius 3 is 2.35 bits per heavy atom. The molecule has 0 unspecified atom stereocenters. The predicted molar refractivity (Wildman–Crippen MR) is 92.7 cm³/mol. The van der Waals surface area contributed by atoms with Gasteiger partial charge in [0, 0.05) is 13.1 Å². The third-order valence-electron chi connectivity index (χ3n) is 3.67. The van der Waals surface area contributed by atoms with Crippen molar-refractivity contribution >= 4 is 17.5 Å². The highest BCUT2D eigenvalue weighted by molar-refractivity contribution is 6.00. The van der Waals surface area contributed by atoms with Crippen molar-refractivity contribution < 1.29 is 18.0 Å². The number of anilines is 2. The second-order valence-corrected chi connectivity index (χ2v) is 5.53. The van der Waals surface area contributed by atoms with Gasteiger partial charge in [0.1, 0.15) is 0 Å². The summed E-state index contributed by atoms with van der Waals surface area (Å²) in [5.41, 5.74) is 0.424. The highest BCUT2D eigenvalue weighted by atomic mass is 19.4. The van der Waals surface area contributed by atoms with Crippen LogP contribution in [0.2, 0.25) is 0 Å². The Morgan fingerprint density at radius 1 is 1.00 bits per heavy atom. The van der Waals surface area contributed by atoms with Crippen LogP contribution in [0.25, 0.3) is 11.3 Å². The van der Waals surface area contributed by atoms with Crippen molar-refractivity contribution in [3.63, 3.8) is 0 Å². The molecule has 0 saturated heterocycles. The third-order valence-corrected chi connectivity index (χ3v) is 3.67. The second kappa shape index (κ2) is 6.91. The number of carbonyl (C=O) groups excluding carboxylic acids is 1. The number of nitrogens with one attached hydrogen (secondary N) is 2. The van der Waals surface area contributed by atoms with Crippen LogP contribution in [0, 0.1) is 0 Å². The first-order valence-corrected chi connectivity index (χ1v) is 7.68. The van der Waals surface area contributed by atoms with Gasteiger partial charge in [0.25, 0.3) is 0 Å². The van der Waals surface area contributed by atoms with E-state index < -0.39 is 17.8 Å². The van der Waals surface area contributed by atoms with Crippen LogP contribution in [0.3, 0.4) is 0 Å². The second-order valence-electron chi connectivity index (χ2n) is 5.53. The molecule has 0 aliphatic carbocycles. The maximum absolute atomic E-state index is 13.0. The maximum Gasteiger partial charge on any atom is 0.418 e. The molecule has 0 aliphatic heterocycles. The van der Waals surface area contributed by atoms with Crippen molar-refractivity contribution in [1.29, 1.82) is 0 Å². The predicted octanol–water partition coefficient (Wildman–Crippen LogP) is 4.75. The highest BCUT2D eigenvalue weighted by Crippen LogP contribution is 2.34. The summed E-state index contributed by atoms with van der Waals surface area (Å²) in [7, 11) is 1.71. The van der Waals surface area contributed by atoms with Crippen molar-refractivity contribution in [2.24, 2.45) is 7.05 Å². The molecule has 0 spiro atoms. The van der Waals surface area contributed by atoms with Gasteiger partial charge in [-0.15, -0.1) is 0 Å². The molecule has 1 aromatic heterocycles. The van der Waals surface area contributed by atoms with Crippen LogP contribution in [-0.2, 0) is 13.2 Å². The molecule has 0 aliphatic rings. The van der Waals surface area contributed by atoms with Crippen LogP contribution in [0.4, 0.5) is 29.5 Å². The summed E-state index contributed by atoms with van der Waals surface area (Å²) in [5.74, 6) is 0.230. The van der Waals surface area contributed by atoms with Gasteiger partial charge in [0.15, 0.2) is 5.82 Å². The minimum absolute atomic E-state index is 0.230. The molecule has 0 atom stereocenters. The molecule has 3 rings (SSSR count). The number of halogens is 3. The zero-order valence-corrected chi connectivity index (χ0v) is 13.7. The number of nitrogens with zero attached hydrogens (tertiary/aromatic N) is 2. The fraction of sp³-hybridized carbons (Fsp3) is 0.111. The van der Waals surface area contributed by atoms with Crippen molar-refractivity contribution in [3.05, 3.63) is 66.2 Å². The number of rotatable bonds is 3. The maximum atomic E-state index is 13.0. The fourth-order valence-corrected chi connectivity index (χ4v) is 2.52. The largest absolute Gasteiger partial charge is 0.418 e. The van der Waals surface area contributed by atoms with Crippen LogP contribution in [0.1, 0.15) is 5.56 Å². The lowest BCUT2D eigenvalue weighted by Gasteiger charge is -2.13. The summed E-state index contributed by atoms with van der Waals surface area (Å²) in [6.45, 7) is 0. The van der Waals surface area contributed by atoms with Gasteiger partial charge in [-0.1, -0.05) is 42.5 Å². The average molecular weight is 360 g/mol. The number of urea groups is 1. The molecule has 0 saturated carbocycles. The third kappa shape index (κ3) is 3.85. The summed E-state index contributed by atoms with van der Waals surface area (Å²) in [6, 6.07) is 15.0. The van der Waals surface area contributed by atoms with E-state index in [1.54, 1.807) is 17.8 Å². The summed E-state index contributed by atoms with van der Waals surface area (Å²) in [4.78, 5) is 12.1. The van der Waals surface area contributed by atoms with E-state index in [2.05, 4.69) is 15.7 Å². The normalized spacial score (nSPS) is 11.2. The quantitative estimate of drug-likeness (QED) is 0.708. The standard InChI is InChI=1S/C18H15F3N4O/c1-25-15(12-7-3-2-4-8-12)11-16(24-25)23-17(26)22-14-10-6-5-9-13(14)18(19,20)21/h2-11H,1H3,(H2,22,23,24,26). The number of alkyl halides is 3. The smallest absolute Gasteiger partial charge is 0.307 e. The Hall–Kier alpha value is -3.29. The molecule has 1 heterocycles. The minimum atomic E-state index is -4.56. The Morgan fingerprint density at radius 2 is 1.65 bits per heavy atom. The molecule has 26 heavy (non-hydrogen) atoms. The number of hydrogen-bond acceptors (Lipinski definition) is 2. The molecule has 2 amide bonds. The summed E-state index contributed by atoms with van der Waals surface area (Å²) >= 11 is 0. The zero-order valence-electron chi connectivity index (χ0n) is 13.7. The summed E-state index contributed by atoms with van der Waals surface area (Å²) in [5, 5.41) is 8.83. The Kier molecular flexibility index (Phi) is 4.66. The molecule has 5 nitrogen and oxygen atoms in total.